The predicted molar refractivity (Wildman–Crippen MR) is 73.2 cm³/mol. The number of carbonyl (C=O) groups excluding carboxylic acids is 1. The van der Waals surface area contributed by atoms with Gasteiger partial charge in [-0.3, -0.25) is 9.71 Å². The summed E-state index contributed by atoms with van der Waals surface area (Å²) in [5.74, 6) is -0.549. The summed E-state index contributed by atoms with van der Waals surface area (Å²) < 4.78 is 31.0. The second-order valence-electron chi connectivity index (χ2n) is 3.72. The van der Waals surface area contributed by atoms with Crippen molar-refractivity contribution < 1.29 is 17.9 Å². The van der Waals surface area contributed by atoms with Gasteiger partial charge in [-0.15, -0.1) is 0 Å². The van der Waals surface area contributed by atoms with Gasteiger partial charge in [0.25, 0.3) is 10.0 Å². The first kappa shape index (κ1) is 14.4. The van der Waals surface area contributed by atoms with Crippen LogP contribution in [-0.4, -0.2) is 31.5 Å². The van der Waals surface area contributed by atoms with Crippen molar-refractivity contribution in [1.29, 1.82) is 0 Å². The van der Waals surface area contributed by atoms with Gasteiger partial charge in [0.05, 0.1) is 12.8 Å². The number of hydrogen-bond acceptors (Lipinski definition) is 7. The van der Waals surface area contributed by atoms with Crippen LogP contribution in [0.1, 0.15) is 15.4 Å². The molecule has 7 nitrogen and oxygen atoms in total. The summed E-state index contributed by atoms with van der Waals surface area (Å²) in [6.45, 7) is 1.60. The Labute approximate surface area is 119 Å². The molecule has 0 fully saturated rings. The summed E-state index contributed by atoms with van der Waals surface area (Å²) in [6.07, 6.45) is 2.70. The van der Waals surface area contributed by atoms with Crippen LogP contribution in [0.5, 0.6) is 0 Å². The molecule has 0 aromatic carbocycles. The van der Waals surface area contributed by atoms with Gasteiger partial charge in [0.1, 0.15) is 9.77 Å². The van der Waals surface area contributed by atoms with Crippen molar-refractivity contribution in [2.24, 2.45) is 0 Å². The number of aromatic nitrogens is 2. The molecule has 20 heavy (non-hydrogen) atoms. The molecule has 0 aliphatic carbocycles. The second-order valence-corrected chi connectivity index (χ2v) is 6.40. The number of rotatable bonds is 4. The highest BCUT2D eigenvalue weighted by molar-refractivity contribution is 7.93. The monoisotopic (exact) mass is 313 g/mol. The largest absolute Gasteiger partial charge is 0.465 e. The molecule has 0 spiro atoms. The van der Waals surface area contributed by atoms with Gasteiger partial charge in [-0.05, 0) is 19.1 Å². The number of hydrogen-bond donors (Lipinski definition) is 1. The number of sulfonamides is 1. The van der Waals surface area contributed by atoms with Gasteiger partial charge >= 0.3 is 5.97 Å². The maximum absolute atomic E-state index is 12.1. The number of aryl methyl sites for hydroxylation is 1. The minimum absolute atomic E-state index is 0.0208. The number of nitrogens with one attached hydrogen (secondary N) is 1. The van der Waals surface area contributed by atoms with Gasteiger partial charge in [0.15, 0.2) is 5.13 Å². The van der Waals surface area contributed by atoms with Crippen molar-refractivity contribution in [3.8, 4) is 0 Å². The zero-order valence-electron chi connectivity index (χ0n) is 10.7. The van der Waals surface area contributed by atoms with Gasteiger partial charge in [0, 0.05) is 12.4 Å². The number of anilines is 1. The Hall–Kier alpha value is -2.00. The first-order valence-corrected chi connectivity index (χ1v) is 7.72. The van der Waals surface area contributed by atoms with Crippen LogP contribution in [0.3, 0.4) is 0 Å². The lowest BCUT2D eigenvalue weighted by Gasteiger charge is -2.03. The Morgan fingerprint density at radius 3 is 2.80 bits per heavy atom. The molecule has 0 aliphatic heterocycles. The van der Waals surface area contributed by atoms with Gasteiger partial charge in [-0.1, -0.05) is 11.3 Å². The normalized spacial score (nSPS) is 11.1. The first-order chi connectivity index (χ1) is 9.44. The van der Waals surface area contributed by atoms with E-state index in [-0.39, 0.29) is 14.9 Å². The van der Waals surface area contributed by atoms with Crippen molar-refractivity contribution >= 4 is 32.5 Å². The lowest BCUT2D eigenvalue weighted by molar-refractivity contribution is 0.0605. The van der Waals surface area contributed by atoms with Crippen LogP contribution in [-0.2, 0) is 14.8 Å². The number of nitrogens with zero attached hydrogens (tertiary/aromatic N) is 2. The minimum atomic E-state index is -3.77. The highest BCUT2D eigenvalue weighted by Crippen LogP contribution is 2.25. The van der Waals surface area contributed by atoms with Crippen LogP contribution in [0.25, 0.3) is 0 Å². The van der Waals surface area contributed by atoms with Crippen molar-refractivity contribution in [2.75, 3.05) is 11.8 Å². The molecule has 1 N–H and O–H groups in total. The molecule has 2 aromatic rings. The molecule has 0 amide bonds. The molecule has 0 saturated heterocycles. The Balaban J connectivity index is 2.29. The average Bonchev–Trinajstić information content (AvgIpc) is 2.79. The highest BCUT2D eigenvalue weighted by Gasteiger charge is 2.20. The summed E-state index contributed by atoms with van der Waals surface area (Å²) in [7, 11) is -2.51. The zero-order chi connectivity index (χ0) is 14.8. The molecular weight excluding hydrogens is 302 g/mol. The molecule has 0 radical (unpaired) electrons. The lowest BCUT2D eigenvalue weighted by Crippen LogP contribution is -2.12. The molecular formula is C11H11N3O4S2. The minimum Gasteiger partial charge on any atom is -0.465 e. The third-order valence-electron chi connectivity index (χ3n) is 2.33. The summed E-state index contributed by atoms with van der Waals surface area (Å²) in [6, 6.07) is 2.93. The topological polar surface area (TPSA) is 98.2 Å². The molecule has 0 atom stereocenters. The lowest BCUT2D eigenvalue weighted by atomic mass is 10.4. The van der Waals surface area contributed by atoms with Crippen LogP contribution in [0.15, 0.2) is 29.4 Å². The number of carbonyl (C=O) groups is 1. The number of esters is 1. The molecule has 2 aromatic heterocycles. The molecule has 0 saturated carbocycles. The first-order valence-electron chi connectivity index (χ1n) is 5.42. The van der Waals surface area contributed by atoms with Gasteiger partial charge in [-0.25, -0.2) is 18.2 Å². The molecule has 2 heterocycles. The Morgan fingerprint density at radius 1 is 1.45 bits per heavy atom. The summed E-state index contributed by atoms with van der Waals surface area (Å²) in [4.78, 5) is 19.5. The van der Waals surface area contributed by atoms with E-state index in [1.807, 2.05) is 0 Å². The second kappa shape index (κ2) is 5.55. The maximum Gasteiger partial charge on any atom is 0.350 e. The van der Waals surface area contributed by atoms with Crippen molar-refractivity contribution in [3.05, 3.63) is 35.1 Å². The van der Waals surface area contributed by atoms with E-state index in [1.54, 1.807) is 6.92 Å². The molecule has 106 valence electrons. The van der Waals surface area contributed by atoms with E-state index in [1.165, 1.54) is 31.6 Å². The fourth-order valence-corrected chi connectivity index (χ4v) is 3.48. The fourth-order valence-electron chi connectivity index (χ4n) is 1.40. The van der Waals surface area contributed by atoms with Gasteiger partial charge in [-0.2, -0.15) is 0 Å². The number of ether oxygens (including phenoxy) is 1. The van der Waals surface area contributed by atoms with Crippen molar-refractivity contribution in [2.45, 2.75) is 11.8 Å². The molecule has 0 bridgehead atoms. The van der Waals surface area contributed by atoms with Crippen LogP contribution in [0, 0.1) is 6.92 Å². The standard InChI is InChI=1S/C11H11N3O4S2/c1-7-9(10(15)18-2)19-11(13-7)14-20(16,17)8-4-3-5-12-6-8/h3-6H,1-2H3,(H,13,14). The van der Waals surface area contributed by atoms with Gasteiger partial charge < -0.3 is 4.74 Å². The summed E-state index contributed by atoms with van der Waals surface area (Å²) >= 11 is 0.917. The predicted octanol–water partition coefficient (Wildman–Crippen LogP) is 1.43. The van der Waals surface area contributed by atoms with Crippen molar-refractivity contribution in [1.82, 2.24) is 9.97 Å². The molecule has 2 rings (SSSR count). The van der Waals surface area contributed by atoms with Crippen LogP contribution in [0.2, 0.25) is 0 Å². The van der Waals surface area contributed by atoms with Crippen molar-refractivity contribution in [3.63, 3.8) is 0 Å². The summed E-state index contributed by atoms with van der Waals surface area (Å²) in [5.41, 5.74) is 0.408. The van der Waals surface area contributed by atoms with E-state index in [2.05, 4.69) is 19.4 Å². The Morgan fingerprint density at radius 2 is 2.20 bits per heavy atom. The van der Waals surface area contributed by atoms with E-state index in [0.717, 1.165) is 11.3 Å². The average molecular weight is 313 g/mol. The third-order valence-corrected chi connectivity index (χ3v) is 4.84. The molecule has 0 aliphatic rings. The van der Waals surface area contributed by atoms with E-state index in [0.29, 0.717) is 5.69 Å². The zero-order valence-corrected chi connectivity index (χ0v) is 12.3. The smallest absolute Gasteiger partial charge is 0.350 e. The number of thiazole rings is 1. The SMILES string of the molecule is COC(=O)c1sc(NS(=O)(=O)c2cccnc2)nc1C. The van der Waals surface area contributed by atoms with E-state index in [9.17, 15) is 13.2 Å². The quantitative estimate of drug-likeness (QED) is 0.857. The molecule has 0 unspecified atom stereocenters. The van der Waals surface area contributed by atoms with Gasteiger partial charge in [0.2, 0.25) is 0 Å². The van der Waals surface area contributed by atoms with E-state index in [4.69, 9.17) is 0 Å². The number of pyridine rings is 1. The van der Waals surface area contributed by atoms with E-state index < -0.39 is 16.0 Å². The summed E-state index contributed by atoms with van der Waals surface area (Å²) in [5, 5.41) is 0.103. The fraction of sp³-hybridized carbons (Fsp3) is 0.182. The maximum atomic E-state index is 12.1. The Bertz CT molecular complexity index is 725. The third kappa shape index (κ3) is 2.94. The molecule has 9 heteroatoms. The van der Waals surface area contributed by atoms with E-state index >= 15 is 0 Å². The van der Waals surface area contributed by atoms with Crippen LogP contribution >= 0.6 is 11.3 Å². The number of methoxy groups -OCH3 is 1. The Kier molecular flexibility index (Phi) is 4.00. The van der Waals surface area contributed by atoms with Crippen LogP contribution < -0.4 is 4.72 Å². The van der Waals surface area contributed by atoms with Crippen LogP contribution in [0.4, 0.5) is 5.13 Å². The highest BCUT2D eigenvalue weighted by atomic mass is 32.2.